The van der Waals surface area contributed by atoms with E-state index in [1.807, 2.05) is 0 Å². The Labute approximate surface area is 91.4 Å². The third-order valence-electron chi connectivity index (χ3n) is 1.70. The van der Waals surface area contributed by atoms with E-state index in [0.717, 1.165) is 12.5 Å². The molecule has 1 heterocycles. The van der Waals surface area contributed by atoms with Crippen LogP contribution < -0.4 is 0 Å². The number of hydrogen-bond acceptors (Lipinski definition) is 6. The highest BCUT2D eigenvalue weighted by Crippen LogP contribution is 2.30. The van der Waals surface area contributed by atoms with Crippen LogP contribution in [0.3, 0.4) is 0 Å². The lowest BCUT2D eigenvalue weighted by molar-refractivity contribution is 0.102. The summed E-state index contributed by atoms with van der Waals surface area (Å²) in [4.78, 5) is 0. The van der Waals surface area contributed by atoms with Crippen LogP contribution in [0.5, 0.6) is 0 Å². The summed E-state index contributed by atoms with van der Waals surface area (Å²) in [6.07, 6.45) is 1.57. The Morgan fingerprint density at radius 1 is 0.933 bits per heavy atom. The van der Waals surface area contributed by atoms with E-state index >= 15 is 0 Å². The van der Waals surface area contributed by atoms with Gasteiger partial charge in [0.1, 0.15) is 12.2 Å². The van der Waals surface area contributed by atoms with Gasteiger partial charge in [-0.25, -0.2) is 0 Å². The molecular weight excluding hydrogens is 263 g/mol. The Balaban J connectivity index is 2.66. The molecule has 1 unspecified atom stereocenters. The van der Waals surface area contributed by atoms with Crippen molar-refractivity contribution in [3.8, 4) is 0 Å². The lowest BCUT2D eigenvalue weighted by atomic mass is 10.3. The van der Waals surface area contributed by atoms with Gasteiger partial charge in [0.2, 0.25) is 0 Å². The Morgan fingerprint density at radius 3 is 1.53 bits per heavy atom. The van der Waals surface area contributed by atoms with Gasteiger partial charge in [-0.05, 0) is 12.3 Å². The smallest absolute Gasteiger partial charge is 0.264 e. The van der Waals surface area contributed by atoms with E-state index < -0.39 is 32.4 Å². The van der Waals surface area contributed by atoms with E-state index in [-0.39, 0.29) is 0 Å². The van der Waals surface area contributed by atoms with Gasteiger partial charge in [-0.2, -0.15) is 16.8 Å². The molecule has 0 aromatic rings. The first kappa shape index (κ1) is 13.3. The zero-order valence-corrected chi connectivity index (χ0v) is 11.0. The van der Waals surface area contributed by atoms with Crippen molar-refractivity contribution in [2.75, 3.05) is 24.8 Å². The molecule has 1 saturated heterocycles. The van der Waals surface area contributed by atoms with Gasteiger partial charge in [0.05, 0.1) is 12.5 Å². The largest absolute Gasteiger partial charge is 0.264 e. The molecule has 0 spiro atoms. The van der Waals surface area contributed by atoms with Crippen LogP contribution in [-0.2, 0) is 28.6 Å². The van der Waals surface area contributed by atoms with E-state index in [4.69, 9.17) is 8.37 Å². The monoisotopic (exact) mass is 276 g/mol. The summed E-state index contributed by atoms with van der Waals surface area (Å²) in [5, 5.41) is 0. The third kappa shape index (κ3) is 5.21. The summed E-state index contributed by atoms with van der Waals surface area (Å²) in [7, 11) is -6.67. The average molecular weight is 276 g/mol. The fourth-order valence-corrected chi connectivity index (χ4v) is 4.22. The van der Waals surface area contributed by atoms with Gasteiger partial charge < -0.3 is 0 Å². The number of rotatable bonds is 4. The van der Waals surface area contributed by atoms with Gasteiger partial charge in [0.25, 0.3) is 20.2 Å². The first-order chi connectivity index (χ1) is 6.67. The van der Waals surface area contributed by atoms with Crippen LogP contribution in [0.4, 0.5) is 0 Å². The summed E-state index contributed by atoms with van der Waals surface area (Å²) in [5.41, 5.74) is 0. The Hall–Kier alpha value is 0.250. The molecule has 0 radical (unpaired) electrons. The number of hydrogen-bond donors (Lipinski definition) is 0. The quantitative estimate of drug-likeness (QED) is 0.502. The van der Waals surface area contributed by atoms with Crippen molar-refractivity contribution < 1.29 is 25.2 Å². The van der Waals surface area contributed by atoms with Crippen LogP contribution in [0, 0.1) is 0 Å². The molecule has 90 valence electrons. The van der Waals surface area contributed by atoms with E-state index in [1.54, 1.807) is 0 Å². The van der Waals surface area contributed by atoms with Crippen LogP contribution in [0.25, 0.3) is 0 Å². The Bertz CT molecular complexity index is 373. The predicted molar refractivity (Wildman–Crippen MR) is 57.5 cm³/mol. The summed E-state index contributed by atoms with van der Waals surface area (Å²) in [6, 6.07) is 0. The van der Waals surface area contributed by atoms with Crippen molar-refractivity contribution in [3.63, 3.8) is 0 Å². The highest BCUT2D eigenvalue weighted by Gasteiger charge is 2.34. The van der Waals surface area contributed by atoms with Crippen molar-refractivity contribution >= 4 is 28.8 Å². The molecule has 0 N–H and O–H groups in total. The van der Waals surface area contributed by atoms with Gasteiger partial charge in [0.15, 0.2) is 0 Å². The molecule has 1 rings (SSSR count). The molecule has 1 aliphatic heterocycles. The van der Waals surface area contributed by atoms with Crippen LogP contribution in [0.15, 0.2) is 0 Å². The fourth-order valence-electron chi connectivity index (χ4n) is 1.27. The molecule has 0 aliphatic carbocycles. The van der Waals surface area contributed by atoms with Crippen LogP contribution >= 0.6 is 8.58 Å². The summed E-state index contributed by atoms with van der Waals surface area (Å²) in [5.74, 6) is 0. The van der Waals surface area contributed by atoms with Crippen molar-refractivity contribution in [1.29, 1.82) is 0 Å². The lowest BCUT2D eigenvalue weighted by Gasteiger charge is -2.17. The first-order valence-corrected chi connectivity index (χ1v) is 9.19. The minimum Gasteiger partial charge on any atom is -0.264 e. The average Bonchev–Trinajstić information content (AvgIpc) is 2.29. The SMILES string of the molecule is CS(=O)(=O)O[C@H]1CPC[C@H]1OS(C)(=O)=O. The molecule has 0 amide bonds. The molecule has 0 aromatic carbocycles. The molecule has 6 nitrogen and oxygen atoms in total. The van der Waals surface area contributed by atoms with Crippen molar-refractivity contribution in [3.05, 3.63) is 0 Å². The third-order valence-corrected chi connectivity index (χ3v) is 4.28. The minimum atomic E-state index is -3.57. The normalized spacial score (nSPS) is 29.7. The van der Waals surface area contributed by atoms with Gasteiger partial charge in [-0.3, -0.25) is 8.37 Å². The maximum Gasteiger partial charge on any atom is 0.264 e. The first-order valence-electron chi connectivity index (χ1n) is 4.14. The lowest BCUT2D eigenvalue weighted by Crippen LogP contribution is -2.33. The molecule has 1 aliphatic rings. The minimum absolute atomic E-state index is 0.462. The molecule has 0 aromatic heterocycles. The maximum atomic E-state index is 10.9. The molecule has 0 bridgehead atoms. The molecule has 15 heavy (non-hydrogen) atoms. The Morgan fingerprint density at radius 2 is 1.27 bits per heavy atom. The van der Waals surface area contributed by atoms with Gasteiger partial charge in [-0.15, -0.1) is 8.58 Å². The van der Waals surface area contributed by atoms with Crippen LogP contribution in [0.2, 0.25) is 0 Å². The maximum absolute atomic E-state index is 10.9. The predicted octanol–water partition coefficient (Wildman–Crippen LogP) is -0.632. The highest BCUT2D eigenvalue weighted by atomic mass is 32.2. The van der Waals surface area contributed by atoms with E-state index in [9.17, 15) is 16.8 Å². The van der Waals surface area contributed by atoms with Crippen molar-refractivity contribution in [1.82, 2.24) is 0 Å². The molecule has 1 fully saturated rings. The molecule has 9 heteroatoms. The Kier molecular flexibility index (Phi) is 4.11. The standard InChI is InChI=1S/C6H13O6PS2/c1-14(7,8)11-5-3-13-4-6(5)12-15(2,9)10/h5-6,13H,3-4H2,1-2H3/t5-,6+. The molecular formula is C6H13O6PS2. The van der Waals surface area contributed by atoms with Gasteiger partial charge in [-0.1, -0.05) is 0 Å². The summed E-state index contributed by atoms with van der Waals surface area (Å²) >= 11 is 0. The zero-order valence-electron chi connectivity index (χ0n) is 8.33. The molecule has 3 atom stereocenters. The highest BCUT2D eigenvalue weighted by molar-refractivity contribution is 7.86. The molecule has 0 saturated carbocycles. The van der Waals surface area contributed by atoms with Gasteiger partial charge >= 0.3 is 0 Å². The van der Waals surface area contributed by atoms with E-state index in [0.29, 0.717) is 20.9 Å². The van der Waals surface area contributed by atoms with Crippen molar-refractivity contribution in [2.45, 2.75) is 12.2 Å². The summed E-state index contributed by atoms with van der Waals surface area (Å²) in [6.45, 7) is 0. The van der Waals surface area contributed by atoms with E-state index in [1.165, 1.54) is 0 Å². The second kappa shape index (κ2) is 4.63. The van der Waals surface area contributed by atoms with E-state index in [2.05, 4.69) is 0 Å². The summed E-state index contributed by atoms with van der Waals surface area (Å²) < 4.78 is 53.0. The topological polar surface area (TPSA) is 86.7 Å². The second-order valence-electron chi connectivity index (χ2n) is 3.34. The zero-order chi connectivity index (χ0) is 11.7. The van der Waals surface area contributed by atoms with Crippen LogP contribution in [-0.4, -0.2) is 53.9 Å². The second-order valence-corrected chi connectivity index (χ2v) is 7.85. The van der Waals surface area contributed by atoms with Crippen LogP contribution in [0.1, 0.15) is 0 Å². The fraction of sp³-hybridized carbons (Fsp3) is 1.00. The van der Waals surface area contributed by atoms with Crippen molar-refractivity contribution in [2.24, 2.45) is 0 Å². The van der Waals surface area contributed by atoms with Gasteiger partial charge in [0, 0.05) is 0 Å².